The predicted octanol–water partition coefficient (Wildman–Crippen LogP) is 9.33. The van der Waals surface area contributed by atoms with Gasteiger partial charge in [-0.05, 0) is 0 Å². The van der Waals surface area contributed by atoms with Gasteiger partial charge in [-0.3, -0.25) is 0 Å². The van der Waals surface area contributed by atoms with Gasteiger partial charge in [0, 0.05) is 0 Å². The fourth-order valence-corrected chi connectivity index (χ4v) is 8.45. The van der Waals surface area contributed by atoms with Crippen molar-refractivity contribution in [2.24, 2.45) is 0 Å². The zero-order valence-corrected chi connectivity index (χ0v) is 28.7. The molecule has 224 valence electrons. The normalized spacial score (nSPS) is 13.2. The number of hydrogen-bond acceptors (Lipinski definition) is 3. The van der Waals surface area contributed by atoms with E-state index in [0.29, 0.717) is 0 Å². The number of benzene rings is 3. The van der Waals surface area contributed by atoms with Crippen molar-refractivity contribution in [1.82, 2.24) is 0 Å². The van der Waals surface area contributed by atoms with Crippen LogP contribution >= 0.6 is 0 Å². The first-order valence-electron chi connectivity index (χ1n) is 13.9. The van der Waals surface area contributed by atoms with Crippen molar-refractivity contribution in [3.05, 3.63) is 88.0 Å². The molecule has 0 bridgehead atoms. The molecule has 0 radical (unpaired) electrons. The molecule has 0 saturated heterocycles. The molecule has 0 spiro atoms. The van der Waals surface area contributed by atoms with Crippen LogP contribution in [-0.4, -0.2) is 36.0 Å². The third-order valence-electron chi connectivity index (χ3n) is 7.83. The molecule has 3 aromatic carbocycles. The zero-order chi connectivity index (χ0) is 31.2. The maximum absolute atomic E-state index is 16.7. The summed E-state index contributed by atoms with van der Waals surface area (Å²) in [6.07, 6.45) is 0. The van der Waals surface area contributed by atoms with Crippen molar-refractivity contribution in [3.63, 3.8) is 0 Å². The summed E-state index contributed by atoms with van der Waals surface area (Å²) in [5.41, 5.74) is 1.32. The van der Waals surface area contributed by atoms with E-state index in [1.807, 2.05) is 80.5 Å². The topological polar surface area (TPSA) is 27.7 Å². The molecule has 0 fully saturated rings. The molecule has 0 aliphatic carbocycles. The van der Waals surface area contributed by atoms with E-state index in [-0.39, 0.29) is 33.9 Å². The second-order valence-electron chi connectivity index (χ2n) is 13.7. The fraction of sp³-hybridized carbons (Fsp3) is 0.471. The number of ether oxygens (including phenoxy) is 3. The summed E-state index contributed by atoms with van der Waals surface area (Å²) < 4.78 is 64.8. The number of rotatable bonds is 7. The molecule has 7 heteroatoms. The Balaban J connectivity index is 2.79. The Labute approximate surface area is 248 Å². The van der Waals surface area contributed by atoms with Crippen molar-refractivity contribution in [2.45, 2.75) is 82.8 Å². The first kappa shape index (κ1) is 32.9. The summed E-state index contributed by atoms with van der Waals surface area (Å²) in [5.74, 6) is 0.520. The monoisotopic (exact) mass is 632 g/mol. The van der Waals surface area contributed by atoms with Crippen LogP contribution in [0.3, 0.4) is 0 Å². The molecule has 0 saturated carbocycles. The van der Waals surface area contributed by atoms with Gasteiger partial charge >= 0.3 is 249 Å². The van der Waals surface area contributed by atoms with Gasteiger partial charge in [-0.1, -0.05) is 0 Å². The van der Waals surface area contributed by atoms with Gasteiger partial charge in [0.2, 0.25) is 0 Å². The molecular weight excluding hydrogens is 586 g/mol. The first-order valence-corrected chi connectivity index (χ1v) is 17.3. The van der Waals surface area contributed by atoms with Crippen LogP contribution in [0, 0.1) is 0 Å². The van der Waals surface area contributed by atoms with Crippen LogP contribution in [0.1, 0.15) is 95.7 Å². The molecule has 0 atom stereocenters. The Morgan fingerprint density at radius 1 is 0.463 bits per heavy atom. The second kappa shape index (κ2) is 11.2. The summed E-state index contributed by atoms with van der Waals surface area (Å²) in [6.45, 7) is 18.0. The molecule has 0 unspecified atom stereocenters. The van der Waals surface area contributed by atoms with Gasteiger partial charge in [0.15, 0.2) is 0 Å². The molecular formula is C34H45F3GeO3. The minimum atomic E-state index is -7.47. The molecule has 0 aliphatic rings. The van der Waals surface area contributed by atoms with E-state index in [2.05, 4.69) is 0 Å². The number of methoxy groups -OCH3 is 3. The van der Waals surface area contributed by atoms with Crippen LogP contribution in [0.5, 0.6) is 17.2 Å². The Morgan fingerprint density at radius 2 is 0.707 bits per heavy atom. The minimum absolute atomic E-state index is 0.0636. The van der Waals surface area contributed by atoms with E-state index in [4.69, 9.17) is 14.2 Å². The van der Waals surface area contributed by atoms with Crippen LogP contribution < -0.4 is 14.2 Å². The van der Waals surface area contributed by atoms with E-state index < -0.39 is 35.2 Å². The van der Waals surface area contributed by atoms with Crippen molar-refractivity contribution >= 4 is 14.7 Å². The van der Waals surface area contributed by atoms with Crippen molar-refractivity contribution < 1.29 is 24.7 Å². The van der Waals surface area contributed by atoms with Gasteiger partial charge in [-0.2, -0.15) is 0 Å². The van der Waals surface area contributed by atoms with Gasteiger partial charge < -0.3 is 0 Å². The average molecular weight is 631 g/mol. The van der Waals surface area contributed by atoms with Crippen LogP contribution in [0.2, 0.25) is 0 Å². The standard InChI is InChI=1S/C34H45F3GeO3/c1-31(2,3)22-13-16-28(39-10)25(19-22)34(38(35,36)37,26-20-23(32(4,5)6)14-17-29(26)40-11)27-21-24(33(7,8)9)15-18-30(27)41-12/h13-21H,1-12H3. The molecule has 3 aromatic rings. The van der Waals surface area contributed by atoms with Crippen molar-refractivity contribution in [2.75, 3.05) is 21.3 Å². The van der Waals surface area contributed by atoms with Gasteiger partial charge in [0.05, 0.1) is 0 Å². The van der Waals surface area contributed by atoms with Gasteiger partial charge in [-0.25, -0.2) is 0 Å². The Hall–Kier alpha value is -2.61. The molecule has 3 nitrogen and oxygen atoms in total. The third kappa shape index (κ3) is 6.13. The van der Waals surface area contributed by atoms with Gasteiger partial charge in [0.1, 0.15) is 0 Å². The van der Waals surface area contributed by atoms with Gasteiger partial charge in [-0.15, -0.1) is 0 Å². The molecule has 41 heavy (non-hydrogen) atoms. The summed E-state index contributed by atoms with van der Waals surface area (Å²) >= 11 is -7.47. The van der Waals surface area contributed by atoms with Crippen LogP contribution in [0.25, 0.3) is 0 Å². The Morgan fingerprint density at radius 3 is 0.878 bits per heavy atom. The molecule has 3 rings (SSSR count). The Bertz CT molecular complexity index is 1230. The molecule has 0 amide bonds. The number of hydrogen-bond donors (Lipinski definition) is 0. The number of halogens is 3. The van der Waals surface area contributed by atoms with E-state index >= 15 is 10.5 Å². The molecule has 0 aromatic heterocycles. The first-order chi connectivity index (χ1) is 18.7. The van der Waals surface area contributed by atoms with Crippen LogP contribution in [-0.2, 0) is 20.5 Å². The molecule has 0 heterocycles. The predicted molar refractivity (Wildman–Crippen MR) is 164 cm³/mol. The van der Waals surface area contributed by atoms with E-state index in [0.717, 1.165) is 16.7 Å². The summed E-state index contributed by atoms with van der Waals surface area (Å²) in [7, 11) is 4.28. The summed E-state index contributed by atoms with van der Waals surface area (Å²) in [6, 6.07) is 15.6. The maximum atomic E-state index is 16.7. The zero-order valence-electron chi connectivity index (χ0n) is 26.6. The summed E-state index contributed by atoms with van der Waals surface area (Å²) in [5, 5.41) is 0. The Kier molecular flexibility index (Phi) is 9.02. The second-order valence-corrected chi connectivity index (χ2v) is 17.4. The van der Waals surface area contributed by atoms with Crippen LogP contribution in [0.15, 0.2) is 54.6 Å². The van der Waals surface area contributed by atoms with E-state index in [1.165, 1.54) is 21.3 Å². The van der Waals surface area contributed by atoms with E-state index in [9.17, 15) is 0 Å². The van der Waals surface area contributed by atoms with E-state index in [1.54, 1.807) is 36.4 Å². The molecule has 0 N–H and O–H groups in total. The average Bonchev–Trinajstić information content (AvgIpc) is 2.86. The summed E-state index contributed by atoms with van der Waals surface area (Å²) in [4.78, 5) is 0. The van der Waals surface area contributed by atoms with Crippen molar-refractivity contribution in [3.8, 4) is 17.2 Å². The van der Waals surface area contributed by atoms with Crippen LogP contribution in [0.4, 0.5) is 10.5 Å². The SMILES string of the molecule is COc1ccc(C(C)(C)C)cc1[C](c1cc(C(C)(C)C)ccc1OC)(c1cc(C(C)(C)C)ccc1OC)[Ge]([F])([F])[F]. The fourth-order valence-electron chi connectivity index (χ4n) is 5.30. The quantitative estimate of drug-likeness (QED) is 0.192. The third-order valence-corrected chi connectivity index (χ3v) is 11.3. The van der Waals surface area contributed by atoms with Gasteiger partial charge in [0.25, 0.3) is 0 Å². The van der Waals surface area contributed by atoms with Crippen molar-refractivity contribution in [1.29, 1.82) is 0 Å². The molecule has 0 aliphatic heterocycles.